The molecule has 2 aromatic rings. The molecular formula is C14H20BFN2O. The first-order chi connectivity index (χ1) is 8.99. The van der Waals surface area contributed by atoms with E-state index in [2.05, 4.69) is 11.5 Å². The average molecular weight is 262 g/mol. The molecule has 0 aliphatic carbocycles. The van der Waals surface area contributed by atoms with Crippen LogP contribution in [-0.2, 0) is 6.54 Å². The van der Waals surface area contributed by atoms with Gasteiger partial charge in [0.05, 0.1) is 12.6 Å². The Morgan fingerprint density at radius 2 is 2.00 bits per heavy atom. The first kappa shape index (κ1) is 15.6. The van der Waals surface area contributed by atoms with Crippen molar-refractivity contribution in [3.05, 3.63) is 30.2 Å². The number of hydrogen-bond acceptors (Lipinski definition) is 2. The standard InChI is InChI=1S/C12H14FNO.C2H6BN/c1-3-5-14-6-4-9-7-12(15-2)10(13)8-11(9)14;1-4(2)3/h4,6-8H,3,5H2,1-2H3;1-2H3. The summed E-state index contributed by atoms with van der Waals surface area (Å²) in [6.07, 6.45) is 3.02. The fourth-order valence-corrected chi connectivity index (χ4v) is 1.78. The van der Waals surface area contributed by atoms with Gasteiger partial charge in [0.2, 0.25) is 0 Å². The summed E-state index contributed by atoms with van der Waals surface area (Å²) < 4.78 is 20.5. The first-order valence-corrected chi connectivity index (χ1v) is 6.24. The molecule has 102 valence electrons. The van der Waals surface area contributed by atoms with Gasteiger partial charge in [-0.1, -0.05) is 6.92 Å². The maximum atomic E-state index is 13.5. The van der Waals surface area contributed by atoms with Crippen molar-refractivity contribution in [2.75, 3.05) is 21.2 Å². The summed E-state index contributed by atoms with van der Waals surface area (Å²) in [6, 6.07) is 5.24. The largest absolute Gasteiger partial charge is 0.494 e. The second-order valence-electron chi connectivity index (χ2n) is 4.52. The second-order valence-corrected chi connectivity index (χ2v) is 4.52. The summed E-state index contributed by atoms with van der Waals surface area (Å²) in [7, 11) is 9.98. The molecule has 1 heterocycles. The summed E-state index contributed by atoms with van der Waals surface area (Å²) in [5, 5.41) is 1.02. The van der Waals surface area contributed by atoms with E-state index in [1.807, 2.05) is 12.3 Å². The maximum absolute atomic E-state index is 13.5. The van der Waals surface area contributed by atoms with Crippen LogP contribution in [0.25, 0.3) is 10.9 Å². The van der Waals surface area contributed by atoms with E-state index in [4.69, 9.17) is 12.7 Å². The van der Waals surface area contributed by atoms with E-state index in [-0.39, 0.29) is 5.82 Å². The van der Waals surface area contributed by atoms with Crippen LogP contribution in [0.15, 0.2) is 24.4 Å². The number of nitrogens with zero attached hydrogens (tertiary/aromatic N) is 2. The third-order valence-electron chi connectivity index (χ3n) is 2.51. The molecule has 0 spiro atoms. The van der Waals surface area contributed by atoms with E-state index in [1.54, 1.807) is 20.2 Å². The molecule has 0 bridgehead atoms. The minimum atomic E-state index is -0.305. The van der Waals surface area contributed by atoms with Crippen molar-refractivity contribution >= 4 is 18.9 Å². The lowest BCUT2D eigenvalue weighted by Crippen LogP contribution is -2.02. The van der Waals surface area contributed by atoms with Crippen LogP contribution in [0.1, 0.15) is 13.3 Å². The summed E-state index contributed by atoms with van der Waals surface area (Å²) in [5.74, 6) is -0.00204. The number of ether oxygens (including phenoxy) is 1. The van der Waals surface area contributed by atoms with Crippen LogP contribution in [0.4, 0.5) is 4.39 Å². The predicted molar refractivity (Wildman–Crippen MR) is 78.2 cm³/mol. The van der Waals surface area contributed by atoms with Crippen LogP contribution in [0.3, 0.4) is 0 Å². The highest BCUT2D eigenvalue weighted by Gasteiger charge is 2.07. The molecular weight excluding hydrogens is 242 g/mol. The topological polar surface area (TPSA) is 17.4 Å². The van der Waals surface area contributed by atoms with Crippen LogP contribution < -0.4 is 4.74 Å². The van der Waals surface area contributed by atoms with Crippen LogP contribution in [0, 0.1) is 5.82 Å². The molecule has 0 fully saturated rings. The third-order valence-corrected chi connectivity index (χ3v) is 2.51. The molecule has 1 aromatic carbocycles. The Morgan fingerprint density at radius 1 is 1.37 bits per heavy atom. The maximum Gasteiger partial charge on any atom is 0.181 e. The molecule has 0 saturated carbocycles. The monoisotopic (exact) mass is 262 g/mol. The van der Waals surface area contributed by atoms with E-state index in [9.17, 15) is 4.39 Å². The van der Waals surface area contributed by atoms with Gasteiger partial charge in [-0.15, -0.1) is 0 Å². The zero-order chi connectivity index (χ0) is 14.4. The Morgan fingerprint density at radius 3 is 2.53 bits per heavy atom. The van der Waals surface area contributed by atoms with E-state index >= 15 is 0 Å². The molecule has 5 heteroatoms. The van der Waals surface area contributed by atoms with Gasteiger partial charge in [0.15, 0.2) is 19.5 Å². The Kier molecular flexibility index (Phi) is 5.89. The number of rotatable bonds is 3. The molecule has 0 unspecified atom stereocenters. The lowest BCUT2D eigenvalue weighted by molar-refractivity contribution is 0.387. The van der Waals surface area contributed by atoms with Crippen molar-refractivity contribution in [1.82, 2.24) is 9.38 Å². The number of benzene rings is 1. The molecule has 0 atom stereocenters. The number of hydrogen-bond donors (Lipinski definition) is 0. The number of fused-ring (bicyclic) bond motifs is 1. The smallest absolute Gasteiger partial charge is 0.181 e. The highest BCUT2D eigenvalue weighted by atomic mass is 19.1. The van der Waals surface area contributed by atoms with Crippen molar-refractivity contribution in [1.29, 1.82) is 0 Å². The highest BCUT2D eigenvalue weighted by molar-refractivity contribution is 6.03. The predicted octanol–water partition coefficient (Wildman–Crippen LogP) is 2.83. The summed E-state index contributed by atoms with van der Waals surface area (Å²) >= 11 is 0. The van der Waals surface area contributed by atoms with E-state index in [1.165, 1.54) is 18.0 Å². The van der Waals surface area contributed by atoms with Crippen molar-refractivity contribution in [3.63, 3.8) is 0 Å². The van der Waals surface area contributed by atoms with Gasteiger partial charge in [-0.2, -0.15) is 0 Å². The van der Waals surface area contributed by atoms with Crippen molar-refractivity contribution in [3.8, 4) is 5.75 Å². The summed E-state index contributed by atoms with van der Waals surface area (Å²) in [4.78, 5) is 1.50. The molecule has 19 heavy (non-hydrogen) atoms. The molecule has 0 saturated heterocycles. The Balaban J connectivity index is 0.000000399. The molecule has 1 aromatic heterocycles. The van der Waals surface area contributed by atoms with E-state index in [0.717, 1.165) is 23.9 Å². The van der Waals surface area contributed by atoms with Crippen molar-refractivity contribution < 1.29 is 9.13 Å². The van der Waals surface area contributed by atoms with Crippen LogP contribution in [0.2, 0.25) is 0 Å². The van der Waals surface area contributed by atoms with Gasteiger partial charge in [-0.3, -0.25) is 0 Å². The van der Waals surface area contributed by atoms with E-state index < -0.39 is 0 Å². The van der Waals surface area contributed by atoms with Gasteiger partial charge in [0.1, 0.15) is 0 Å². The zero-order valence-corrected chi connectivity index (χ0v) is 12.0. The quantitative estimate of drug-likeness (QED) is 0.791. The summed E-state index contributed by atoms with van der Waals surface area (Å²) in [5.41, 5.74) is 0.926. The Bertz CT molecular complexity index is 523. The first-order valence-electron chi connectivity index (χ1n) is 6.24. The molecule has 2 radical (unpaired) electrons. The van der Waals surface area contributed by atoms with E-state index in [0.29, 0.717) is 5.75 Å². The number of aryl methyl sites for hydroxylation is 1. The lowest BCUT2D eigenvalue weighted by Gasteiger charge is -2.05. The molecule has 0 N–H and O–H groups in total. The fraction of sp³-hybridized carbons (Fsp3) is 0.429. The summed E-state index contributed by atoms with van der Waals surface area (Å²) in [6.45, 7) is 3.01. The molecule has 2 rings (SSSR count). The minimum absolute atomic E-state index is 0.303. The van der Waals surface area contributed by atoms with Crippen molar-refractivity contribution in [2.45, 2.75) is 19.9 Å². The van der Waals surface area contributed by atoms with Gasteiger partial charge in [0, 0.05) is 24.2 Å². The van der Waals surface area contributed by atoms with Gasteiger partial charge >= 0.3 is 0 Å². The van der Waals surface area contributed by atoms with Gasteiger partial charge in [-0.05, 0) is 32.6 Å². The number of methoxy groups -OCH3 is 1. The Hall–Kier alpha value is -1.49. The lowest BCUT2D eigenvalue weighted by atomic mass is 10.2. The van der Waals surface area contributed by atoms with Crippen LogP contribution in [0.5, 0.6) is 5.75 Å². The highest BCUT2D eigenvalue weighted by Crippen LogP contribution is 2.25. The van der Waals surface area contributed by atoms with Gasteiger partial charge < -0.3 is 14.1 Å². The van der Waals surface area contributed by atoms with Crippen molar-refractivity contribution in [2.24, 2.45) is 0 Å². The minimum Gasteiger partial charge on any atom is -0.494 e. The molecule has 0 aliphatic heterocycles. The van der Waals surface area contributed by atoms with Gasteiger partial charge in [0.25, 0.3) is 0 Å². The Labute approximate surface area is 115 Å². The van der Waals surface area contributed by atoms with Gasteiger partial charge in [-0.25, -0.2) is 4.39 Å². The fourth-order valence-electron chi connectivity index (χ4n) is 1.78. The SMILES string of the molecule is CCCn1ccc2cc(OC)c(F)cc21.[B]N(C)C. The second kappa shape index (κ2) is 7.19. The molecule has 3 nitrogen and oxygen atoms in total. The van der Waals surface area contributed by atoms with Crippen LogP contribution >= 0.6 is 0 Å². The van der Waals surface area contributed by atoms with Crippen LogP contribution in [-0.4, -0.2) is 38.6 Å². The number of aromatic nitrogens is 1. The normalized spacial score (nSPS) is 10.4. The third kappa shape index (κ3) is 4.28. The number of halogens is 1. The average Bonchev–Trinajstić information content (AvgIpc) is 2.70. The zero-order valence-electron chi connectivity index (χ0n) is 12.0. The molecule has 0 aliphatic rings. The molecule has 0 amide bonds.